The minimum absolute atomic E-state index is 0.962. The molecule has 0 N–H and O–H groups in total. The number of pyridine rings is 2. The Balaban J connectivity index is 1.30. The summed E-state index contributed by atoms with van der Waals surface area (Å²) in [5.41, 5.74) is 13.4. The molecule has 0 saturated heterocycles. The predicted molar refractivity (Wildman–Crippen MR) is 193 cm³/mol. The average Bonchev–Trinajstić information content (AvgIpc) is 3.13. The maximum Gasteiger partial charge on any atom is 0.0794 e. The Hall–Kier alpha value is -6.12. The first-order valence-electron chi connectivity index (χ1n) is 15.8. The molecule has 2 heteroatoms. The monoisotopic (exact) mass is 582 g/mol. The summed E-state index contributed by atoms with van der Waals surface area (Å²) in [6.07, 6.45) is 0. The van der Waals surface area contributed by atoms with Gasteiger partial charge in [-0.3, -0.25) is 0 Å². The van der Waals surface area contributed by atoms with Gasteiger partial charge in [0.1, 0.15) is 0 Å². The molecule has 0 atom stereocenters. The molecular weight excluding hydrogens is 556 g/mol. The second-order valence-corrected chi connectivity index (χ2v) is 12.1. The van der Waals surface area contributed by atoms with Gasteiger partial charge in [0.15, 0.2) is 0 Å². The van der Waals surface area contributed by atoms with Crippen LogP contribution in [0.1, 0.15) is 0 Å². The highest BCUT2D eigenvalue weighted by molar-refractivity contribution is 6.11. The lowest BCUT2D eigenvalue weighted by atomic mass is 9.81. The van der Waals surface area contributed by atoms with E-state index in [0.29, 0.717) is 0 Å². The van der Waals surface area contributed by atoms with Gasteiger partial charge in [0.25, 0.3) is 0 Å². The first kappa shape index (κ1) is 25.2. The van der Waals surface area contributed by atoms with Gasteiger partial charge in [0, 0.05) is 38.2 Å². The van der Waals surface area contributed by atoms with E-state index >= 15 is 0 Å². The van der Waals surface area contributed by atoms with Crippen LogP contribution in [0.25, 0.3) is 99.2 Å². The molecule has 2 heterocycles. The third-order valence-corrected chi connectivity index (χ3v) is 9.59. The molecule has 10 rings (SSSR count). The zero-order valence-corrected chi connectivity index (χ0v) is 24.9. The predicted octanol–water partition coefficient (Wildman–Crippen LogP) is 11.7. The zero-order valence-electron chi connectivity index (χ0n) is 24.9. The molecule has 9 aromatic rings. The Morgan fingerprint density at radius 2 is 0.826 bits per heavy atom. The van der Waals surface area contributed by atoms with E-state index in [-0.39, 0.29) is 0 Å². The van der Waals surface area contributed by atoms with E-state index in [4.69, 9.17) is 9.97 Å². The van der Waals surface area contributed by atoms with Crippen molar-refractivity contribution in [3.63, 3.8) is 0 Å². The number of hydrogen-bond acceptors (Lipinski definition) is 2. The molecule has 1 aliphatic rings. The summed E-state index contributed by atoms with van der Waals surface area (Å²) in [5.74, 6) is 0. The molecule has 0 fully saturated rings. The number of benzene rings is 7. The van der Waals surface area contributed by atoms with Crippen molar-refractivity contribution in [2.24, 2.45) is 0 Å². The third kappa shape index (κ3) is 3.71. The number of aromatic nitrogens is 2. The van der Waals surface area contributed by atoms with Crippen LogP contribution >= 0.6 is 0 Å². The van der Waals surface area contributed by atoms with Crippen molar-refractivity contribution >= 4 is 43.4 Å². The topological polar surface area (TPSA) is 25.8 Å². The molecule has 0 spiro atoms. The summed E-state index contributed by atoms with van der Waals surface area (Å²) in [5, 5.41) is 7.02. The highest BCUT2D eigenvalue weighted by Crippen LogP contribution is 2.48. The number of rotatable bonds is 1. The normalized spacial score (nSPS) is 11.9. The fraction of sp³-hybridized carbons (Fsp3) is 0. The van der Waals surface area contributed by atoms with Crippen LogP contribution in [0.2, 0.25) is 0 Å². The molecule has 0 radical (unpaired) electrons. The molecule has 0 unspecified atom stereocenters. The largest absolute Gasteiger partial charge is 0.247 e. The number of fused-ring (bicyclic) bond motifs is 14. The van der Waals surface area contributed by atoms with Gasteiger partial charge < -0.3 is 0 Å². The maximum atomic E-state index is 5.52. The zero-order chi connectivity index (χ0) is 30.2. The SMILES string of the molecule is c1ccc2c(c1)-c1ccc(-c3ccc4ccc5ccccc5c4n3)cc1-c1cc3ccc4ccccc4c3nc1-c1ccccc1-2. The van der Waals surface area contributed by atoms with Gasteiger partial charge in [-0.05, 0) is 56.8 Å². The Labute approximate surface area is 266 Å². The van der Waals surface area contributed by atoms with Crippen molar-refractivity contribution in [2.75, 3.05) is 0 Å². The average molecular weight is 583 g/mol. The van der Waals surface area contributed by atoms with E-state index in [0.717, 1.165) is 55.4 Å². The Kier molecular flexibility index (Phi) is 5.31. The molecule has 1 aliphatic carbocycles. The van der Waals surface area contributed by atoms with Crippen LogP contribution in [0.15, 0.2) is 158 Å². The Morgan fingerprint density at radius 1 is 0.304 bits per heavy atom. The standard InChI is InChI=1S/C44H26N2/c1-3-11-32-27(9-1)17-19-29-22-24-41(45-42(29)32)30-21-23-37-35-14-6-5-13-34(35)36-15-7-8-16-38(36)44-40(39(37)25-30)26-31-20-18-28-10-2-4-12-33(28)43(31)46-44/h1-26H. The van der Waals surface area contributed by atoms with E-state index in [1.807, 2.05) is 0 Å². The minimum atomic E-state index is 0.962. The van der Waals surface area contributed by atoms with Gasteiger partial charge in [0.2, 0.25) is 0 Å². The molecule has 0 saturated carbocycles. The van der Waals surface area contributed by atoms with E-state index in [9.17, 15) is 0 Å². The van der Waals surface area contributed by atoms with Gasteiger partial charge in [-0.15, -0.1) is 0 Å². The van der Waals surface area contributed by atoms with Crippen molar-refractivity contribution in [3.05, 3.63) is 158 Å². The molecule has 0 amide bonds. The van der Waals surface area contributed by atoms with Crippen LogP contribution in [-0.2, 0) is 0 Å². The van der Waals surface area contributed by atoms with Crippen LogP contribution in [0, 0.1) is 0 Å². The summed E-state index contributed by atoms with van der Waals surface area (Å²) in [4.78, 5) is 10.8. The van der Waals surface area contributed by atoms with Crippen molar-refractivity contribution < 1.29 is 0 Å². The lowest BCUT2D eigenvalue weighted by Gasteiger charge is -2.23. The number of hydrogen-bond donors (Lipinski definition) is 0. The lowest BCUT2D eigenvalue weighted by Crippen LogP contribution is -2.00. The van der Waals surface area contributed by atoms with Gasteiger partial charge in [0.05, 0.1) is 22.4 Å². The molecule has 212 valence electrons. The Bertz CT molecular complexity index is 2700. The summed E-state index contributed by atoms with van der Waals surface area (Å²) >= 11 is 0. The molecule has 2 nitrogen and oxygen atoms in total. The molecule has 0 bridgehead atoms. The van der Waals surface area contributed by atoms with E-state index in [1.165, 1.54) is 43.8 Å². The highest BCUT2D eigenvalue weighted by Gasteiger charge is 2.24. The Morgan fingerprint density at radius 3 is 1.54 bits per heavy atom. The molecule has 46 heavy (non-hydrogen) atoms. The number of nitrogens with zero attached hydrogens (tertiary/aromatic N) is 2. The quantitative estimate of drug-likeness (QED) is 0.180. The second-order valence-electron chi connectivity index (χ2n) is 12.1. The minimum Gasteiger partial charge on any atom is -0.247 e. The summed E-state index contributed by atoms with van der Waals surface area (Å²) in [6.45, 7) is 0. The molecule has 7 aromatic carbocycles. The van der Waals surface area contributed by atoms with Crippen LogP contribution in [0.4, 0.5) is 0 Å². The van der Waals surface area contributed by atoms with Crippen LogP contribution < -0.4 is 0 Å². The summed E-state index contributed by atoms with van der Waals surface area (Å²) < 4.78 is 0. The fourth-order valence-corrected chi connectivity index (χ4v) is 7.38. The van der Waals surface area contributed by atoms with Crippen LogP contribution in [0.5, 0.6) is 0 Å². The van der Waals surface area contributed by atoms with Crippen molar-refractivity contribution in [1.82, 2.24) is 9.97 Å². The lowest BCUT2D eigenvalue weighted by molar-refractivity contribution is 1.38. The second kappa shape index (κ2) is 9.69. The van der Waals surface area contributed by atoms with Crippen molar-refractivity contribution in [1.29, 1.82) is 0 Å². The van der Waals surface area contributed by atoms with E-state index in [1.54, 1.807) is 0 Å². The van der Waals surface area contributed by atoms with Crippen LogP contribution in [-0.4, -0.2) is 9.97 Å². The van der Waals surface area contributed by atoms with Crippen molar-refractivity contribution in [2.45, 2.75) is 0 Å². The summed E-state index contributed by atoms with van der Waals surface area (Å²) in [7, 11) is 0. The van der Waals surface area contributed by atoms with E-state index < -0.39 is 0 Å². The molecule has 0 aliphatic heterocycles. The first-order valence-corrected chi connectivity index (χ1v) is 15.8. The van der Waals surface area contributed by atoms with Gasteiger partial charge in [-0.1, -0.05) is 140 Å². The maximum absolute atomic E-state index is 5.52. The smallest absolute Gasteiger partial charge is 0.0794 e. The first-order chi connectivity index (χ1) is 22.8. The van der Waals surface area contributed by atoms with Gasteiger partial charge >= 0.3 is 0 Å². The third-order valence-electron chi connectivity index (χ3n) is 9.59. The molecular formula is C44H26N2. The van der Waals surface area contributed by atoms with Gasteiger partial charge in [-0.2, -0.15) is 0 Å². The fourth-order valence-electron chi connectivity index (χ4n) is 7.38. The van der Waals surface area contributed by atoms with Crippen LogP contribution in [0.3, 0.4) is 0 Å². The summed E-state index contributed by atoms with van der Waals surface area (Å²) in [6, 6.07) is 56.8. The van der Waals surface area contributed by atoms with Gasteiger partial charge in [-0.25, -0.2) is 9.97 Å². The molecule has 2 aromatic heterocycles. The van der Waals surface area contributed by atoms with Crippen molar-refractivity contribution in [3.8, 4) is 55.9 Å². The van der Waals surface area contributed by atoms with E-state index in [2.05, 4.69) is 158 Å². The highest BCUT2D eigenvalue weighted by atomic mass is 14.7.